The Morgan fingerprint density at radius 3 is 2.19 bits per heavy atom. The van der Waals surface area contributed by atoms with Gasteiger partial charge >= 0.3 is 11.9 Å². The molecule has 1 unspecified atom stereocenters. The molecular formula is C10H17NO5. The molecule has 1 amide bonds. The summed E-state index contributed by atoms with van der Waals surface area (Å²) in [5.41, 5.74) is 0. The van der Waals surface area contributed by atoms with Crippen molar-refractivity contribution in [2.75, 3.05) is 13.2 Å². The van der Waals surface area contributed by atoms with E-state index in [0.717, 1.165) is 0 Å². The first-order chi connectivity index (χ1) is 7.51. The summed E-state index contributed by atoms with van der Waals surface area (Å²) in [6.07, 6.45) is -0.391. The maximum absolute atomic E-state index is 11.2. The summed E-state index contributed by atoms with van der Waals surface area (Å²) in [5.74, 6) is -1.70. The molecule has 0 aliphatic heterocycles. The quantitative estimate of drug-likeness (QED) is 0.514. The lowest BCUT2D eigenvalue weighted by Crippen LogP contribution is -2.40. The summed E-state index contributed by atoms with van der Waals surface area (Å²) in [7, 11) is 0. The number of hydrogen-bond donors (Lipinski definition) is 1. The maximum Gasteiger partial charge on any atom is 0.328 e. The molecule has 0 fully saturated rings. The van der Waals surface area contributed by atoms with Crippen LogP contribution in [0.4, 0.5) is 0 Å². The summed E-state index contributed by atoms with van der Waals surface area (Å²) < 4.78 is 9.27. The molecular weight excluding hydrogens is 214 g/mol. The van der Waals surface area contributed by atoms with Crippen LogP contribution in [0.2, 0.25) is 0 Å². The van der Waals surface area contributed by atoms with Gasteiger partial charge in [-0.25, -0.2) is 4.79 Å². The van der Waals surface area contributed by atoms with Crippen molar-refractivity contribution in [3.63, 3.8) is 0 Å². The molecule has 0 spiro atoms. The van der Waals surface area contributed by atoms with Gasteiger partial charge in [0.05, 0.1) is 13.2 Å². The van der Waals surface area contributed by atoms with Crippen LogP contribution in [0.25, 0.3) is 0 Å². The average Bonchev–Trinajstić information content (AvgIpc) is 2.17. The number of nitrogens with one attached hydrogen (secondary N) is 1. The second kappa shape index (κ2) is 7.67. The Balaban J connectivity index is 3.95. The van der Waals surface area contributed by atoms with Crippen molar-refractivity contribution < 1.29 is 23.9 Å². The zero-order valence-corrected chi connectivity index (χ0v) is 9.74. The predicted molar refractivity (Wildman–Crippen MR) is 55.5 cm³/mol. The van der Waals surface area contributed by atoms with Crippen LogP contribution in [0.15, 0.2) is 0 Å². The number of hydrogen-bond acceptors (Lipinski definition) is 5. The third-order valence-corrected chi connectivity index (χ3v) is 1.63. The van der Waals surface area contributed by atoms with Gasteiger partial charge in [-0.15, -0.1) is 0 Å². The summed E-state index contributed by atoms with van der Waals surface area (Å²) in [6.45, 7) is 5.28. The molecule has 0 aromatic rings. The van der Waals surface area contributed by atoms with Gasteiger partial charge in [-0.2, -0.15) is 0 Å². The van der Waals surface area contributed by atoms with Crippen LogP contribution in [0.1, 0.15) is 27.2 Å². The molecule has 0 saturated heterocycles. The van der Waals surface area contributed by atoms with Gasteiger partial charge in [0, 0.05) is 0 Å². The molecule has 6 nitrogen and oxygen atoms in total. The molecule has 0 radical (unpaired) electrons. The molecule has 0 bridgehead atoms. The van der Waals surface area contributed by atoms with Crippen molar-refractivity contribution in [3.8, 4) is 0 Å². The number of carbonyl (C=O) groups excluding carboxylic acids is 3. The Hall–Kier alpha value is -1.59. The first kappa shape index (κ1) is 14.4. The van der Waals surface area contributed by atoms with E-state index in [2.05, 4.69) is 14.8 Å². The van der Waals surface area contributed by atoms with Gasteiger partial charge < -0.3 is 14.8 Å². The maximum atomic E-state index is 11.2. The van der Waals surface area contributed by atoms with Gasteiger partial charge in [0.2, 0.25) is 5.91 Å². The lowest BCUT2D eigenvalue weighted by molar-refractivity contribution is -0.150. The zero-order chi connectivity index (χ0) is 12.6. The van der Waals surface area contributed by atoms with Crippen LogP contribution in [0.5, 0.6) is 0 Å². The molecule has 0 heterocycles. The largest absolute Gasteiger partial charge is 0.466 e. The minimum Gasteiger partial charge on any atom is -0.466 e. The monoisotopic (exact) mass is 231 g/mol. The first-order valence-corrected chi connectivity index (χ1v) is 5.12. The van der Waals surface area contributed by atoms with E-state index in [0.29, 0.717) is 0 Å². The van der Waals surface area contributed by atoms with E-state index in [9.17, 15) is 14.4 Å². The summed E-state index contributed by atoms with van der Waals surface area (Å²) in [5, 5.41) is 2.34. The van der Waals surface area contributed by atoms with Crippen molar-refractivity contribution in [3.05, 3.63) is 0 Å². The predicted octanol–water partition coefficient (Wildman–Crippen LogP) is 0.00740. The Bertz CT molecular complexity index is 264. The zero-order valence-electron chi connectivity index (χ0n) is 9.74. The highest BCUT2D eigenvalue weighted by atomic mass is 16.5. The second-order valence-electron chi connectivity index (χ2n) is 3.02. The summed E-state index contributed by atoms with van der Waals surface area (Å²) >= 11 is 0. The molecule has 0 aliphatic carbocycles. The smallest absolute Gasteiger partial charge is 0.328 e. The first-order valence-electron chi connectivity index (χ1n) is 5.12. The molecule has 0 aromatic carbocycles. The standard InChI is InChI=1S/C10H17NO5/c1-4-15-9(13)6-8(12)11-7(3)10(14)16-5-2/h7H,4-6H2,1-3H3,(H,11,12). The Kier molecular flexibility index (Phi) is 6.91. The van der Waals surface area contributed by atoms with Crippen LogP contribution in [0, 0.1) is 0 Å². The lowest BCUT2D eigenvalue weighted by atomic mass is 10.3. The van der Waals surface area contributed by atoms with Crippen molar-refractivity contribution in [1.29, 1.82) is 0 Å². The molecule has 0 aromatic heterocycles. The van der Waals surface area contributed by atoms with Crippen molar-refractivity contribution >= 4 is 17.8 Å². The molecule has 1 atom stereocenters. The Labute approximate surface area is 94.3 Å². The van der Waals surface area contributed by atoms with Crippen LogP contribution in [-0.4, -0.2) is 37.1 Å². The van der Waals surface area contributed by atoms with E-state index >= 15 is 0 Å². The molecule has 0 saturated carbocycles. The fourth-order valence-electron chi connectivity index (χ4n) is 0.962. The number of rotatable bonds is 6. The highest BCUT2D eigenvalue weighted by Gasteiger charge is 2.18. The van der Waals surface area contributed by atoms with Crippen molar-refractivity contribution in [2.45, 2.75) is 33.2 Å². The van der Waals surface area contributed by atoms with Crippen LogP contribution in [-0.2, 0) is 23.9 Å². The average molecular weight is 231 g/mol. The fourth-order valence-corrected chi connectivity index (χ4v) is 0.962. The molecule has 92 valence electrons. The highest BCUT2D eigenvalue weighted by molar-refractivity contribution is 5.96. The van der Waals surface area contributed by atoms with Gasteiger partial charge in [0.15, 0.2) is 0 Å². The number of carbonyl (C=O) groups is 3. The summed E-state index contributed by atoms with van der Waals surface area (Å²) in [4.78, 5) is 33.3. The highest BCUT2D eigenvalue weighted by Crippen LogP contribution is 1.91. The van der Waals surface area contributed by atoms with E-state index in [1.165, 1.54) is 6.92 Å². The summed E-state index contributed by atoms with van der Waals surface area (Å²) in [6, 6.07) is -0.762. The molecule has 16 heavy (non-hydrogen) atoms. The van der Waals surface area contributed by atoms with Crippen LogP contribution in [0.3, 0.4) is 0 Å². The third-order valence-electron chi connectivity index (χ3n) is 1.63. The van der Waals surface area contributed by atoms with Gasteiger partial charge in [0.25, 0.3) is 0 Å². The van der Waals surface area contributed by atoms with E-state index in [-0.39, 0.29) is 13.2 Å². The minimum absolute atomic E-state index is 0.222. The molecule has 1 N–H and O–H groups in total. The second-order valence-corrected chi connectivity index (χ2v) is 3.02. The fraction of sp³-hybridized carbons (Fsp3) is 0.700. The van der Waals surface area contributed by atoms with Gasteiger partial charge in [-0.05, 0) is 20.8 Å². The van der Waals surface area contributed by atoms with Crippen molar-refractivity contribution in [2.24, 2.45) is 0 Å². The number of esters is 2. The lowest BCUT2D eigenvalue weighted by Gasteiger charge is -2.11. The van der Waals surface area contributed by atoms with Gasteiger partial charge in [-0.1, -0.05) is 0 Å². The number of amides is 1. The molecule has 0 rings (SSSR count). The van der Waals surface area contributed by atoms with Crippen LogP contribution < -0.4 is 5.32 Å². The Morgan fingerprint density at radius 1 is 1.12 bits per heavy atom. The van der Waals surface area contributed by atoms with Gasteiger partial charge in [0.1, 0.15) is 12.5 Å². The van der Waals surface area contributed by atoms with Crippen LogP contribution >= 0.6 is 0 Å². The van der Waals surface area contributed by atoms with Gasteiger partial charge in [-0.3, -0.25) is 9.59 Å². The Morgan fingerprint density at radius 2 is 1.69 bits per heavy atom. The normalized spacial score (nSPS) is 11.4. The molecule has 6 heteroatoms. The third kappa shape index (κ3) is 6.00. The topological polar surface area (TPSA) is 81.7 Å². The van der Waals surface area contributed by atoms with E-state index < -0.39 is 30.3 Å². The van der Waals surface area contributed by atoms with E-state index in [1.54, 1.807) is 13.8 Å². The minimum atomic E-state index is -0.762. The molecule has 0 aliphatic rings. The van der Waals surface area contributed by atoms with E-state index in [4.69, 9.17) is 0 Å². The SMILES string of the molecule is CCOC(=O)CC(=O)NC(C)C(=O)OCC. The number of ether oxygens (including phenoxy) is 2. The van der Waals surface area contributed by atoms with Crippen molar-refractivity contribution in [1.82, 2.24) is 5.32 Å². The van der Waals surface area contributed by atoms with E-state index in [1.807, 2.05) is 0 Å².